The number of hydrogen-bond acceptors (Lipinski definition) is 6. The average Bonchev–Trinajstić information content (AvgIpc) is 3.20. The largest absolute Gasteiger partial charge is 0.497 e. The second-order valence-electron chi connectivity index (χ2n) is 8.06. The van der Waals surface area contributed by atoms with E-state index in [0.717, 1.165) is 44.8 Å². The summed E-state index contributed by atoms with van der Waals surface area (Å²) >= 11 is 0. The summed E-state index contributed by atoms with van der Waals surface area (Å²) in [5.74, 6) is 0.659. The highest BCUT2D eigenvalue weighted by molar-refractivity contribution is 7.88. The fourth-order valence-corrected chi connectivity index (χ4v) is 5.40. The third-order valence-corrected chi connectivity index (χ3v) is 7.24. The number of nitrogens with zero attached hydrogens (tertiary/aromatic N) is 3. The Balaban J connectivity index is 1.60. The van der Waals surface area contributed by atoms with Gasteiger partial charge in [0.25, 0.3) is 5.91 Å². The molecule has 2 aliphatic heterocycles. The first-order valence-corrected chi connectivity index (χ1v) is 12.4. The molecule has 8 nitrogen and oxygen atoms in total. The number of rotatable bonds is 8. The molecule has 2 saturated heterocycles. The summed E-state index contributed by atoms with van der Waals surface area (Å²) in [6.07, 6.45) is 2.69. The van der Waals surface area contributed by atoms with Crippen LogP contribution < -0.4 is 4.74 Å². The van der Waals surface area contributed by atoms with Crippen LogP contribution in [0.25, 0.3) is 0 Å². The molecule has 1 aromatic carbocycles. The Kier molecular flexibility index (Phi) is 7.73. The van der Waals surface area contributed by atoms with Crippen molar-refractivity contribution in [1.29, 1.82) is 0 Å². The molecule has 30 heavy (non-hydrogen) atoms. The van der Waals surface area contributed by atoms with E-state index < -0.39 is 10.0 Å². The van der Waals surface area contributed by atoms with Crippen LogP contribution in [0, 0.1) is 6.92 Å². The summed E-state index contributed by atoms with van der Waals surface area (Å²) in [6.45, 7) is 7.47. The minimum atomic E-state index is -3.35. The number of hydrogen-bond donors (Lipinski definition) is 0. The third-order valence-electron chi connectivity index (χ3n) is 5.90. The lowest BCUT2D eigenvalue weighted by molar-refractivity contribution is 0.0366. The molecule has 0 spiro atoms. The number of benzene rings is 1. The monoisotopic (exact) mass is 439 g/mol. The van der Waals surface area contributed by atoms with Crippen molar-refractivity contribution in [1.82, 2.24) is 14.1 Å². The molecule has 0 aromatic heterocycles. The Morgan fingerprint density at radius 1 is 1.27 bits per heavy atom. The first kappa shape index (κ1) is 23.0. The highest BCUT2D eigenvalue weighted by Crippen LogP contribution is 2.23. The fraction of sp³-hybridized carbons (Fsp3) is 0.667. The third kappa shape index (κ3) is 5.72. The fourth-order valence-electron chi connectivity index (χ4n) is 4.23. The molecule has 1 atom stereocenters. The predicted molar refractivity (Wildman–Crippen MR) is 115 cm³/mol. The van der Waals surface area contributed by atoms with Gasteiger partial charge in [-0.25, -0.2) is 8.42 Å². The maximum absolute atomic E-state index is 13.0. The first-order chi connectivity index (χ1) is 14.3. The maximum Gasteiger partial charge on any atom is 0.254 e. The molecule has 1 aromatic rings. The average molecular weight is 440 g/mol. The van der Waals surface area contributed by atoms with Gasteiger partial charge in [-0.3, -0.25) is 9.69 Å². The summed E-state index contributed by atoms with van der Waals surface area (Å²) < 4.78 is 37.1. The molecule has 168 valence electrons. The zero-order valence-electron chi connectivity index (χ0n) is 18.2. The molecule has 2 heterocycles. The van der Waals surface area contributed by atoms with Crippen molar-refractivity contribution in [3.8, 4) is 5.75 Å². The van der Waals surface area contributed by atoms with Crippen LogP contribution in [0.15, 0.2) is 18.2 Å². The van der Waals surface area contributed by atoms with E-state index in [1.54, 1.807) is 28.4 Å². The van der Waals surface area contributed by atoms with Crippen molar-refractivity contribution in [2.75, 3.05) is 65.8 Å². The molecule has 0 aliphatic carbocycles. The molecule has 0 radical (unpaired) electrons. The van der Waals surface area contributed by atoms with Crippen molar-refractivity contribution in [3.05, 3.63) is 29.3 Å². The number of likely N-dealkylation sites (tertiary alicyclic amines) is 1. The van der Waals surface area contributed by atoms with Crippen LogP contribution in [-0.2, 0) is 14.8 Å². The van der Waals surface area contributed by atoms with E-state index in [4.69, 9.17) is 9.47 Å². The number of aryl methyl sites for hydroxylation is 1. The van der Waals surface area contributed by atoms with Crippen molar-refractivity contribution in [2.24, 2.45) is 0 Å². The Hall–Kier alpha value is -1.68. The highest BCUT2D eigenvalue weighted by atomic mass is 32.2. The summed E-state index contributed by atoms with van der Waals surface area (Å²) in [4.78, 5) is 17.1. The zero-order chi connectivity index (χ0) is 21.7. The second kappa shape index (κ2) is 10.1. The molecule has 0 bridgehead atoms. The lowest BCUT2D eigenvalue weighted by Crippen LogP contribution is -2.44. The van der Waals surface area contributed by atoms with Gasteiger partial charge in [0.15, 0.2) is 0 Å². The Morgan fingerprint density at radius 2 is 2.00 bits per heavy atom. The Labute approximate surface area is 179 Å². The number of ether oxygens (including phenoxy) is 2. The van der Waals surface area contributed by atoms with Crippen molar-refractivity contribution in [2.45, 2.75) is 25.8 Å². The molecule has 3 rings (SSSR count). The predicted octanol–water partition coefficient (Wildman–Crippen LogP) is 1.20. The van der Waals surface area contributed by atoms with Crippen LogP contribution in [0.2, 0.25) is 0 Å². The van der Waals surface area contributed by atoms with Gasteiger partial charge in [-0.15, -0.1) is 0 Å². The topological polar surface area (TPSA) is 79.4 Å². The van der Waals surface area contributed by atoms with Gasteiger partial charge in [-0.05, 0) is 50.1 Å². The van der Waals surface area contributed by atoms with E-state index in [1.807, 2.05) is 13.0 Å². The minimum absolute atomic E-state index is 0.0561. The van der Waals surface area contributed by atoms with Gasteiger partial charge in [0, 0.05) is 44.3 Å². The number of carbonyl (C=O) groups excluding carboxylic acids is 1. The van der Waals surface area contributed by atoms with Crippen LogP contribution in [0.5, 0.6) is 5.75 Å². The molecular weight excluding hydrogens is 406 g/mol. The van der Waals surface area contributed by atoms with Gasteiger partial charge < -0.3 is 14.4 Å². The normalized spacial score (nSPS) is 20.7. The van der Waals surface area contributed by atoms with Crippen molar-refractivity contribution in [3.63, 3.8) is 0 Å². The number of carbonyl (C=O) groups is 1. The maximum atomic E-state index is 13.0. The van der Waals surface area contributed by atoms with Gasteiger partial charge in [-0.1, -0.05) is 0 Å². The molecular formula is C21H33N3O5S. The summed E-state index contributed by atoms with van der Waals surface area (Å²) in [6, 6.07) is 5.23. The van der Waals surface area contributed by atoms with E-state index in [0.29, 0.717) is 37.4 Å². The van der Waals surface area contributed by atoms with Gasteiger partial charge in [-0.2, -0.15) is 4.31 Å². The van der Waals surface area contributed by atoms with Crippen LogP contribution in [-0.4, -0.2) is 100 Å². The summed E-state index contributed by atoms with van der Waals surface area (Å²) in [7, 11) is -1.75. The quantitative estimate of drug-likeness (QED) is 0.606. The number of sulfonamides is 1. The first-order valence-electron chi connectivity index (χ1n) is 10.5. The van der Waals surface area contributed by atoms with Crippen LogP contribution in [0.1, 0.15) is 28.8 Å². The Bertz CT molecular complexity index is 839. The lowest BCUT2D eigenvalue weighted by atomic mass is 10.1. The smallest absolute Gasteiger partial charge is 0.254 e. The van der Waals surface area contributed by atoms with Crippen molar-refractivity contribution < 1.29 is 22.7 Å². The standard InChI is InChI=1S/C21H33N3O5S/c1-17-15-19(28-2)5-6-20(17)21(25)23-10-7-18(16-23)24(30(3,26)27)9-4-8-22-11-13-29-14-12-22/h5-6,15,18H,4,7-14,16H2,1-3H3. The molecule has 2 fully saturated rings. The van der Waals surface area contributed by atoms with Gasteiger partial charge in [0.2, 0.25) is 10.0 Å². The Morgan fingerprint density at radius 3 is 2.63 bits per heavy atom. The van der Waals surface area contributed by atoms with E-state index in [1.165, 1.54) is 6.26 Å². The van der Waals surface area contributed by atoms with E-state index >= 15 is 0 Å². The van der Waals surface area contributed by atoms with Crippen molar-refractivity contribution >= 4 is 15.9 Å². The molecule has 9 heteroatoms. The lowest BCUT2D eigenvalue weighted by Gasteiger charge is -2.30. The van der Waals surface area contributed by atoms with E-state index in [-0.39, 0.29) is 11.9 Å². The minimum Gasteiger partial charge on any atom is -0.497 e. The SMILES string of the molecule is COc1ccc(C(=O)N2CCC(N(CCCN3CCOCC3)S(C)(=O)=O)C2)c(C)c1. The zero-order valence-corrected chi connectivity index (χ0v) is 19.0. The van der Waals surface area contributed by atoms with E-state index in [2.05, 4.69) is 4.90 Å². The molecule has 2 aliphatic rings. The molecule has 1 amide bonds. The molecule has 0 saturated carbocycles. The van der Waals surface area contributed by atoms with Crippen LogP contribution in [0.4, 0.5) is 0 Å². The van der Waals surface area contributed by atoms with Gasteiger partial charge in [0.1, 0.15) is 5.75 Å². The second-order valence-corrected chi connectivity index (χ2v) is 9.99. The van der Waals surface area contributed by atoms with Crippen LogP contribution >= 0.6 is 0 Å². The number of morpholine rings is 1. The van der Waals surface area contributed by atoms with Crippen LogP contribution in [0.3, 0.4) is 0 Å². The number of methoxy groups -OCH3 is 1. The summed E-state index contributed by atoms with van der Waals surface area (Å²) in [5.41, 5.74) is 1.49. The van der Waals surface area contributed by atoms with Gasteiger partial charge >= 0.3 is 0 Å². The number of amides is 1. The summed E-state index contributed by atoms with van der Waals surface area (Å²) in [5, 5.41) is 0. The van der Waals surface area contributed by atoms with E-state index in [9.17, 15) is 13.2 Å². The highest BCUT2D eigenvalue weighted by Gasteiger charge is 2.35. The molecule has 0 N–H and O–H groups in total. The molecule has 1 unspecified atom stereocenters. The van der Waals surface area contributed by atoms with Gasteiger partial charge in [0.05, 0.1) is 26.6 Å².